The molecule has 0 aromatic heterocycles. The van der Waals surface area contributed by atoms with E-state index >= 15 is 0 Å². The highest BCUT2D eigenvalue weighted by Gasteiger charge is 2.39. The van der Waals surface area contributed by atoms with Crippen LogP contribution >= 0.6 is 35.0 Å². The number of aromatic hydroxyl groups is 1. The maximum Gasteiger partial charge on any atom is 0.305 e. The number of amides is 1. The van der Waals surface area contributed by atoms with Crippen LogP contribution in [-0.2, 0) is 9.59 Å². The number of nitrogens with zero attached hydrogens (tertiary/aromatic N) is 1. The standard InChI is InChI=1S/C22H23Cl2NO4S/c1-22(2,3)11-25-15-8-7-12(23)9-14(15)20(13-5-4-6-16(26)19(13)24)30-17(21(25)29)10-18(27)28/h4-9,17,20,26H,10-11H2,1-3H3,(H,27,28)/t17-,20-/m1/s1. The highest BCUT2D eigenvalue weighted by Crippen LogP contribution is 2.50. The molecule has 0 saturated carbocycles. The van der Waals surface area contributed by atoms with Crippen LogP contribution in [0.25, 0.3) is 0 Å². The van der Waals surface area contributed by atoms with Crippen LogP contribution in [0.4, 0.5) is 5.69 Å². The number of thioether (sulfide) groups is 1. The maximum absolute atomic E-state index is 13.5. The number of benzene rings is 2. The van der Waals surface area contributed by atoms with Gasteiger partial charge in [-0.15, -0.1) is 11.8 Å². The number of anilines is 1. The Morgan fingerprint density at radius 3 is 2.50 bits per heavy atom. The summed E-state index contributed by atoms with van der Waals surface area (Å²) in [7, 11) is 0. The minimum absolute atomic E-state index is 0.0738. The van der Waals surface area contributed by atoms with E-state index in [0.29, 0.717) is 22.8 Å². The smallest absolute Gasteiger partial charge is 0.305 e. The highest BCUT2D eigenvalue weighted by molar-refractivity contribution is 8.01. The van der Waals surface area contributed by atoms with Gasteiger partial charge in [0.15, 0.2) is 0 Å². The molecule has 1 aliphatic heterocycles. The Morgan fingerprint density at radius 2 is 1.87 bits per heavy atom. The molecule has 1 aliphatic rings. The monoisotopic (exact) mass is 467 g/mol. The van der Waals surface area contributed by atoms with Crippen LogP contribution in [0.3, 0.4) is 0 Å². The van der Waals surface area contributed by atoms with Crippen molar-refractivity contribution in [1.29, 1.82) is 0 Å². The van der Waals surface area contributed by atoms with Gasteiger partial charge in [0, 0.05) is 17.3 Å². The Labute approximate surface area is 190 Å². The van der Waals surface area contributed by atoms with E-state index in [-0.39, 0.29) is 28.5 Å². The molecular formula is C22H23Cl2NO4S. The number of phenols is 1. The van der Waals surface area contributed by atoms with Crippen LogP contribution in [0.1, 0.15) is 43.6 Å². The van der Waals surface area contributed by atoms with Crippen molar-refractivity contribution < 1.29 is 19.8 Å². The van der Waals surface area contributed by atoms with E-state index in [1.54, 1.807) is 35.2 Å². The summed E-state index contributed by atoms with van der Waals surface area (Å²) in [5.74, 6) is -1.39. The van der Waals surface area contributed by atoms with Crippen LogP contribution in [0.15, 0.2) is 36.4 Å². The summed E-state index contributed by atoms with van der Waals surface area (Å²) in [6.07, 6.45) is -0.321. The van der Waals surface area contributed by atoms with E-state index in [9.17, 15) is 19.8 Å². The number of carbonyl (C=O) groups excluding carboxylic acids is 1. The number of hydrogen-bond acceptors (Lipinski definition) is 4. The van der Waals surface area contributed by atoms with E-state index in [1.807, 2.05) is 20.8 Å². The van der Waals surface area contributed by atoms with Crippen molar-refractivity contribution in [3.05, 3.63) is 57.6 Å². The first-order chi connectivity index (χ1) is 14.0. The molecule has 1 amide bonds. The molecule has 3 rings (SSSR count). The van der Waals surface area contributed by atoms with Gasteiger partial charge >= 0.3 is 5.97 Å². The Balaban J connectivity index is 2.24. The molecule has 5 nitrogen and oxygen atoms in total. The van der Waals surface area contributed by atoms with E-state index in [2.05, 4.69) is 0 Å². The normalized spacial score (nSPS) is 19.4. The second-order valence-corrected chi connectivity index (χ2v) is 10.6. The number of aliphatic carboxylic acids is 1. The molecule has 0 fully saturated rings. The van der Waals surface area contributed by atoms with Gasteiger partial charge in [0.2, 0.25) is 5.91 Å². The van der Waals surface area contributed by atoms with Crippen LogP contribution in [-0.4, -0.2) is 33.9 Å². The van der Waals surface area contributed by atoms with Crippen molar-refractivity contribution >= 4 is 52.5 Å². The molecule has 2 aromatic rings. The number of carboxylic acid groups (broad SMARTS) is 1. The summed E-state index contributed by atoms with van der Waals surface area (Å²) >= 11 is 13.9. The molecule has 2 N–H and O–H groups in total. The first-order valence-electron chi connectivity index (χ1n) is 9.43. The van der Waals surface area contributed by atoms with Gasteiger partial charge in [0.05, 0.1) is 21.9 Å². The largest absolute Gasteiger partial charge is 0.506 e. The molecule has 0 radical (unpaired) electrons. The van der Waals surface area contributed by atoms with Gasteiger partial charge in [-0.1, -0.05) is 56.1 Å². The molecule has 0 spiro atoms. The fourth-order valence-corrected chi connectivity index (χ4v) is 5.45. The molecule has 0 unspecified atom stereocenters. The lowest BCUT2D eigenvalue weighted by Gasteiger charge is -2.31. The molecule has 0 aliphatic carbocycles. The third kappa shape index (κ3) is 4.88. The summed E-state index contributed by atoms with van der Waals surface area (Å²) in [4.78, 5) is 26.7. The number of carboxylic acids is 1. The Kier molecular flexibility index (Phi) is 6.60. The molecule has 0 bridgehead atoms. The van der Waals surface area contributed by atoms with Gasteiger partial charge in [-0.25, -0.2) is 0 Å². The van der Waals surface area contributed by atoms with Gasteiger partial charge in [-0.05, 0) is 40.8 Å². The fraction of sp³-hybridized carbons (Fsp3) is 0.364. The number of carbonyl (C=O) groups is 2. The zero-order valence-electron chi connectivity index (χ0n) is 16.9. The van der Waals surface area contributed by atoms with Crippen molar-refractivity contribution in [3.8, 4) is 5.75 Å². The first-order valence-corrected chi connectivity index (χ1v) is 11.1. The van der Waals surface area contributed by atoms with E-state index < -0.39 is 16.5 Å². The minimum atomic E-state index is -1.05. The lowest BCUT2D eigenvalue weighted by atomic mass is 9.94. The van der Waals surface area contributed by atoms with E-state index in [1.165, 1.54) is 17.8 Å². The molecule has 2 aromatic carbocycles. The highest BCUT2D eigenvalue weighted by atomic mass is 35.5. The topological polar surface area (TPSA) is 77.8 Å². The van der Waals surface area contributed by atoms with Crippen LogP contribution in [0.2, 0.25) is 10.0 Å². The number of phenolic OH excluding ortho intramolecular Hbond substituents is 1. The number of hydrogen-bond donors (Lipinski definition) is 2. The van der Waals surface area contributed by atoms with Crippen molar-refractivity contribution in [2.24, 2.45) is 5.41 Å². The third-order valence-electron chi connectivity index (χ3n) is 4.69. The lowest BCUT2D eigenvalue weighted by Crippen LogP contribution is -2.42. The van der Waals surface area contributed by atoms with Crippen LogP contribution in [0, 0.1) is 5.41 Å². The first kappa shape index (κ1) is 22.8. The predicted molar refractivity (Wildman–Crippen MR) is 122 cm³/mol. The van der Waals surface area contributed by atoms with Crippen molar-refractivity contribution in [1.82, 2.24) is 0 Å². The van der Waals surface area contributed by atoms with Gasteiger partial charge in [-0.2, -0.15) is 0 Å². The molecule has 0 saturated heterocycles. The second kappa shape index (κ2) is 8.69. The third-order valence-corrected chi connectivity index (χ3v) is 6.81. The van der Waals surface area contributed by atoms with Crippen LogP contribution in [0.5, 0.6) is 5.75 Å². The molecule has 30 heavy (non-hydrogen) atoms. The lowest BCUT2D eigenvalue weighted by molar-refractivity contribution is -0.138. The van der Waals surface area contributed by atoms with E-state index in [0.717, 1.165) is 5.56 Å². The summed E-state index contributed by atoms with van der Waals surface area (Å²) in [5.41, 5.74) is 1.81. The van der Waals surface area contributed by atoms with Gasteiger partial charge in [0.1, 0.15) is 5.75 Å². The average molecular weight is 468 g/mol. The second-order valence-electron chi connectivity index (χ2n) is 8.47. The van der Waals surface area contributed by atoms with Gasteiger partial charge in [-0.3, -0.25) is 9.59 Å². The molecule has 160 valence electrons. The molecule has 1 heterocycles. The zero-order chi connectivity index (χ0) is 22.2. The Hall–Kier alpha value is -1.89. The van der Waals surface area contributed by atoms with Gasteiger partial charge in [0.25, 0.3) is 0 Å². The fourth-order valence-electron chi connectivity index (χ4n) is 3.48. The van der Waals surface area contributed by atoms with Crippen molar-refractivity contribution in [3.63, 3.8) is 0 Å². The quantitative estimate of drug-likeness (QED) is 0.597. The van der Waals surface area contributed by atoms with Gasteiger partial charge < -0.3 is 15.1 Å². The number of fused-ring (bicyclic) bond motifs is 1. The van der Waals surface area contributed by atoms with Crippen molar-refractivity contribution in [2.75, 3.05) is 11.4 Å². The SMILES string of the molecule is CC(C)(C)CN1C(=O)[C@@H](CC(=O)O)S[C@H](c2cccc(O)c2Cl)c2cc(Cl)ccc21. The van der Waals surface area contributed by atoms with Crippen molar-refractivity contribution in [2.45, 2.75) is 37.7 Å². The maximum atomic E-state index is 13.5. The molecular weight excluding hydrogens is 445 g/mol. The molecule has 8 heteroatoms. The minimum Gasteiger partial charge on any atom is -0.506 e. The number of halogens is 2. The zero-order valence-corrected chi connectivity index (χ0v) is 19.2. The Bertz CT molecular complexity index is 990. The number of rotatable bonds is 4. The van der Waals surface area contributed by atoms with E-state index in [4.69, 9.17) is 23.2 Å². The summed E-state index contributed by atoms with van der Waals surface area (Å²) in [6, 6.07) is 10.2. The summed E-state index contributed by atoms with van der Waals surface area (Å²) in [5, 5.41) is 18.9. The Morgan fingerprint density at radius 1 is 1.17 bits per heavy atom. The van der Waals surface area contributed by atoms with Crippen LogP contribution < -0.4 is 4.90 Å². The summed E-state index contributed by atoms with van der Waals surface area (Å²) in [6.45, 7) is 6.47. The average Bonchev–Trinajstić information content (AvgIpc) is 2.73. The summed E-state index contributed by atoms with van der Waals surface area (Å²) < 4.78 is 0. The predicted octanol–water partition coefficient (Wildman–Crippen LogP) is 5.76. The molecule has 2 atom stereocenters.